The van der Waals surface area contributed by atoms with E-state index in [4.69, 9.17) is 0 Å². The monoisotopic (exact) mass is 288 g/mol. The highest BCUT2D eigenvalue weighted by Crippen LogP contribution is 2.31. The Hall–Kier alpha value is -0.910. The van der Waals surface area contributed by atoms with Crippen molar-refractivity contribution in [3.05, 3.63) is 0 Å². The van der Waals surface area contributed by atoms with Gasteiger partial charge in [-0.05, 0) is 18.8 Å². The average molecular weight is 288 g/mol. The molecule has 0 aromatic carbocycles. The van der Waals surface area contributed by atoms with Gasteiger partial charge in [0, 0.05) is 11.8 Å². The second-order valence-corrected chi connectivity index (χ2v) is 6.38. The molecule has 6 heteroatoms. The van der Waals surface area contributed by atoms with Gasteiger partial charge >= 0.3 is 12.0 Å². The minimum atomic E-state index is -0.920. The molecule has 0 aliphatic carbocycles. The van der Waals surface area contributed by atoms with E-state index in [9.17, 15) is 14.7 Å². The predicted octanol–water partition coefficient (Wildman–Crippen LogP) is 2.37. The maximum atomic E-state index is 12.3. The second-order valence-electron chi connectivity index (χ2n) is 5.17. The lowest BCUT2D eigenvalue weighted by atomic mass is 10.0. The first-order valence-corrected chi connectivity index (χ1v) is 7.90. The molecule has 3 atom stereocenters. The number of carbonyl (C=O) groups excluding carboxylic acids is 1. The molecule has 1 rings (SSSR count). The third-order valence-corrected chi connectivity index (χ3v) is 4.97. The van der Waals surface area contributed by atoms with Crippen molar-refractivity contribution in [1.29, 1.82) is 0 Å². The quantitative estimate of drug-likeness (QED) is 0.815. The van der Waals surface area contributed by atoms with Gasteiger partial charge in [-0.15, -0.1) is 11.8 Å². The SMILES string of the molecule is CCC(NC(=O)N1C(CC)SCC1C(=O)O)C(C)C. The zero-order chi connectivity index (χ0) is 14.6. The van der Waals surface area contributed by atoms with E-state index < -0.39 is 12.0 Å². The molecule has 5 nitrogen and oxygen atoms in total. The van der Waals surface area contributed by atoms with Crippen LogP contribution in [0.3, 0.4) is 0 Å². The molecule has 0 radical (unpaired) electrons. The summed E-state index contributed by atoms with van der Waals surface area (Å²) in [5, 5.41) is 12.1. The number of carboxylic acid groups (broad SMARTS) is 1. The van der Waals surface area contributed by atoms with E-state index in [1.165, 1.54) is 4.90 Å². The normalized spacial score (nSPS) is 24.6. The number of urea groups is 1. The molecule has 1 heterocycles. The molecule has 110 valence electrons. The van der Waals surface area contributed by atoms with Crippen LogP contribution >= 0.6 is 11.8 Å². The summed E-state index contributed by atoms with van der Waals surface area (Å²) in [4.78, 5) is 25.1. The molecular formula is C13H24N2O3S. The summed E-state index contributed by atoms with van der Waals surface area (Å²) < 4.78 is 0. The zero-order valence-corrected chi connectivity index (χ0v) is 12.9. The van der Waals surface area contributed by atoms with Crippen LogP contribution in [0.2, 0.25) is 0 Å². The van der Waals surface area contributed by atoms with Gasteiger partial charge in [0.05, 0.1) is 5.37 Å². The van der Waals surface area contributed by atoms with Gasteiger partial charge in [0.15, 0.2) is 0 Å². The molecule has 0 saturated carbocycles. The van der Waals surface area contributed by atoms with Crippen molar-refractivity contribution in [3.8, 4) is 0 Å². The number of carboxylic acids is 1. The Bertz CT molecular complexity index is 336. The van der Waals surface area contributed by atoms with E-state index in [0.29, 0.717) is 11.7 Å². The molecule has 1 aliphatic rings. The Morgan fingerprint density at radius 1 is 1.42 bits per heavy atom. The lowest BCUT2D eigenvalue weighted by Crippen LogP contribution is -2.53. The molecule has 0 aromatic rings. The fraction of sp³-hybridized carbons (Fsp3) is 0.846. The molecular weight excluding hydrogens is 264 g/mol. The number of nitrogens with zero attached hydrogens (tertiary/aromatic N) is 1. The second kappa shape index (κ2) is 7.03. The molecule has 2 N–H and O–H groups in total. The number of aliphatic carboxylic acids is 1. The van der Waals surface area contributed by atoms with Crippen molar-refractivity contribution in [3.63, 3.8) is 0 Å². The maximum absolute atomic E-state index is 12.3. The molecule has 1 fully saturated rings. The van der Waals surface area contributed by atoms with Crippen LogP contribution in [0.25, 0.3) is 0 Å². The molecule has 0 spiro atoms. The zero-order valence-electron chi connectivity index (χ0n) is 12.0. The van der Waals surface area contributed by atoms with E-state index in [1.54, 1.807) is 11.8 Å². The van der Waals surface area contributed by atoms with Crippen LogP contribution in [0.5, 0.6) is 0 Å². The first kappa shape index (κ1) is 16.1. The van der Waals surface area contributed by atoms with Gasteiger partial charge in [0.25, 0.3) is 0 Å². The van der Waals surface area contributed by atoms with Crippen LogP contribution in [0, 0.1) is 5.92 Å². The van der Waals surface area contributed by atoms with Crippen molar-refractivity contribution in [2.45, 2.75) is 58.0 Å². The largest absolute Gasteiger partial charge is 0.480 e. The number of carbonyl (C=O) groups is 2. The van der Waals surface area contributed by atoms with Gasteiger partial charge in [-0.1, -0.05) is 27.7 Å². The average Bonchev–Trinajstić information content (AvgIpc) is 2.78. The summed E-state index contributed by atoms with van der Waals surface area (Å²) in [5.74, 6) is -0.108. The van der Waals surface area contributed by atoms with E-state index in [1.807, 2.05) is 13.8 Å². The van der Waals surface area contributed by atoms with Crippen LogP contribution in [-0.4, -0.2) is 45.2 Å². The lowest BCUT2D eigenvalue weighted by molar-refractivity contribution is -0.141. The van der Waals surface area contributed by atoms with E-state index in [-0.39, 0.29) is 17.4 Å². The van der Waals surface area contributed by atoms with Crippen molar-refractivity contribution in [2.75, 3.05) is 5.75 Å². The van der Waals surface area contributed by atoms with Crippen LogP contribution in [0.1, 0.15) is 40.5 Å². The lowest BCUT2D eigenvalue weighted by Gasteiger charge is -2.30. The first-order valence-electron chi connectivity index (χ1n) is 6.85. The standard InChI is InChI=1S/C13H24N2O3S/c1-5-9(8(3)4)14-13(18)15-10(12(16)17)7-19-11(15)6-2/h8-11H,5-7H2,1-4H3,(H,14,18)(H,16,17). The van der Waals surface area contributed by atoms with Gasteiger partial charge in [0.1, 0.15) is 6.04 Å². The Morgan fingerprint density at radius 3 is 2.47 bits per heavy atom. The van der Waals surface area contributed by atoms with Crippen LogP contribution in [-0.2, 0) is 4.79 Å². The molecule has 0 bridgehead atoms. The fourth-order valence-electron chi connectivity index (χ4n) is 2.31. The minimum Gasteiger partial charge on any atom is -0.480 e. The van der Waals surface area contributed by atoms with Gasteiger partial charge in [-0.2, -0.15) is 0 Å². The van der Waals surface area contributed by atoms with Gasteiger partial charge in [0.2, 0.25) is 0 Å². The van der Waals surface area contributed by atoms with Crippen LogP contribution < -0.4 is 5.32 Å². The maximum Gasteiger partial charge on any atom is 0.327 e. The summed E-state index contributed by atoms with van der Waals surface area (Å²) in [6, 6.07) is -0.866. The molecule has 3 unspecified atom stereocenters. The highest BCUT2D eigenvalue weighted by atomic mass is 32.2. The summed E-state index contributed by atoms with van der Waals surface area (Å²) in [5.41, 5.74) is 0. The number of hydrogen-bond donors (Lipinski definition) is 2. The summed E-state index contributed by atoms with van der Waals surface area (Å²) >= 11 is 1.54. The van der Waals surface area contributed by atoms with Gasteiger partial charge in [-0.3, -0.25) is 4.90 Å². The van der Waals surface area contributed by atoms with E-state index in [2.05, 4.69) is 19.2 Å². The number of hydrogen-bond acceptors (Lipinski definition) is 3. The summed E-state index contributed by atoms with van der Waals surface area (Å²) in [7, 11) is 0. The first-order chi connectivity index (χ1) is 8.92. The Labute approximate surface area is 119 Å². The van der Waals surface area contributed by atoms with Crippen molar-refractivity contribution >= 4 is 23.8 Å². The summed E-state index contributed by atoms with van der Waals surface area (Å²) in [6.07, 6.45) is 1.61. The highest BCUT2D eigenvalue weighted by molar-refractivity contribution is 8.00. The van der Waals surface area contributed by atoms with Gasteiger partial charge in [-0.25, -0.2) is 9.59 Å². The van der Waals surface area contributed by atoms with Gasteiger partial charge < -0.3 is 10.4 Å². The topological polar surface area (TPSA) is 69.6 Å². The molecule has 0 aromatic heterocycles. The Morgan fingerprint density at radius 2 is 2.05 bits per heavy atom. The Balaban J connectivity index is 2.78. The molecule has 1 aliphatic heterocycles. The summed E-state index contributed by atoms with van der Waals surface area (Å²) in [6.45, 7) is 8.11. The molecule has 19 heavy (non-hydrogen) atoms. The highest BCUT2D eigenvalue weighted by Gasteiger charge is 2.41. The smallest absolute Gasteiger partial charge is 0.327 e. The fourth-order valence-corrected chi connectivity index (χ4v) is 3.66. The molecule has 2 amide bonds. The number of amides is 2. The number of thioether (sulfide) groups is 1. The van der Waals surface area contributed by atoms with E-state index >= 15 is 0 Å². The van der Waals surface area contributed by atoms with Crippen molar-refractivity contribution < 1.29 is 14.7 Å². The number of nitrogens with one attached hydrogen (secondary N) is 1. The third kappa shape index (κ3) is 3.78. The van der Waals surface area contributed by atoms with Crippen LogP contribution in [0.15, 0.2) is 0 Å². The van der Waals surface area contributed by atoms with Crippen molar-refractivity contribution in [2.24, 2.45) is 5.92 Å². The predicted molar refractivity (Wildman–Crippen MR) is 77.2 cm³/mol. The third-order valence-electron chi connectivity index (χ3n) is 3.51. The number of rotatable bonds is 5. The van der Waals surface area contributed by atoms with Crippen molar-refractivity contribution in [1.82, 2.24) is 10.2 Å². The minimum absolute atomic E-state index is 0.0363. The van der Waals surface area contributed by atoms with Crippen LogP contribution in [0.4, 0.5) is 4.79 Å². The van der Waals surface area contributed by atoms with E-state index in [0.717, 1.165) is 12.8 Å². The Kier molecular flexibility index (Phi) is 5.97. The molecule has 1 saturated heterocycles.